The van der Waals surface area contributed by atoms with Gasteiger partial charge in [-0.05, 0) is 97.8 Å². The summed E-state index contributed by atoms with van der Waals surface area (Å²) in [5.41, 5.74) is 9.60. The van der Waals surface area contributed by atoms with Crippen molar-refractivity contribution in [1.29, 1.82) is 0 Å². The van der Waals surface area contributed by atoms with Gasteiger partial charge in [0.2, 0.25) is 0 Å². The first-order chi connectivity index (χ1) is 11.0. The van der Waals surface area contributed by atoms with Crippen molar-refractivity contribution in [2.75, 3.05) is 0 Å². The third kappa shape index (κ3) is 2.17. The van der Waals surface area contributed by atoms with Gasteiger partial charge in [0.25, 0.3) is 0 Å². The highest BCUT2D eigenvalue weighted by Crippen LogP contribution is 2.66. The Hall–Kier alpha value is -0.730. The van der Waals surface area contributed by atoms with Crippen molar-refractivity contribution in [3.63, 3.8) is 0 Å². The number of hydrogen-bond donors (Lipinski definition) is 1. The normalized spacial score (nSPS) is 55.3. The third-order valence-electron chi connectivity index (χ3n) is 8.78. The summed E-state index contributed by atoms with van der Waals surface area (Å²) in [5.74, 6) is 3.13. The zero-order chi connectivity index (χ0) is 16.2. The lowest BCUT2D eigenvalue weighted by molar-refractivity contribution is -0.122. The number of aliphatic hydroxyl groups is 1. The van der Waals surface area contributed by atoms with Crippen LogP contribution >= 0.6 is 0 Å². The Morgan fingerprint density at radius 2 is 1.70 bits per heavy atom. The molecule has 0 spiro atoms. The summed E-state index contributed by atoms with van der Waals surface area (Å²) < 4.78 is 0. The molecule has 128 valence electrons. The number of hydrogen-bond acceptors (Lipinski definition) is 2. The fourth-order valence-electron chi connectivity index (χ4n) is 7.46. The van der Waals surface area contributed by atoms with Gasteiger partial charge in [-0.25, -0.2) is 0 Å². The molecule has 0 aromatic rings. The van der Waals surface area contributed by atoms with Gasteiger partial charge in [0.15, 0.2) is 0 Å². The lowest BCUT2D eigenvalue weighted by Crippen LogP contribution is -2.54. The molecule has 0 unspecified atom stereocenters. The van der Waals surface area contributed by atoms with Crippen LogP contribution in [-0.2, 0) is 0 Å². The molecule has 4 saturated carbocycles. The van der Waals surface area contributed by atoms with Gasteiger partial charge in [0, 0.05) is 11.0 Å². The second kappa shape index (κ2) is 5.39. The van der Waals surface area contributed by atoms with E-state index in [2.05, 4.69) is 23.9 Å². The predicted octanol–water partition coefficient (Wildman–Crippen LogP) is 5.07. The van der Waals surface area contributed by atoms with Crippen molar-refractivity contribution in [1.82, 2.24) is 0 Å². The lowest BCUT2D eigenvalue weighted by Gasteiger charge is -2.60. The van der Waals surface area contributed by atoms with Crippen LogP contribution in [0.1, 0.15) is 71.6 Å². The summed E-state index contributed by atoms with van der Waals surface area (Å²) in [7, 11) is 0. The fraction of sp³-hybridized carbons (Fsp3) is 1.00. The Bertz CT molecular complexity index is 531. The summed E-state index contributed by atoms with van der Waals surface area (Å²) in [6.45, 7) is 4.93. The van der Waals surface area contributed by atoms with E-state index in [1.165, 1.54) is 38.5 Å². The topological polar surface area (TPSA) is 69.0 Å². The summed E-state index contributed by atoms with van der Waals surface area (Å²) in [5, 5.41) is 14.3. The van der Waals surface area contributed by atoms with Gasteiger partial charge in [-0.15, -0.1) is 0 Å². The molecule has 0 saturated heterocycles. The van der Waals surface area contributed by atoms with Crippen LogP contribution in [0.4, 0.5) is 0 Å². The molecule has 0 bridgehead atoms. The van der Waals surface area contributed by atoms with Crippen molar-refractivity contribution in [3.05, 3.63) is 10.4 Å². The van der Waals surface area contributed by atoms with Gasteiger partial charge in [-0.1, -0.05) is 19.0 Å². The summed E-state index contributed by atoms with van der Waals surface area (Å²) in [6, 6.07) is 0.220. The van der Waals surface area contributed by atoms with E-state index >= 15 is 0 Å². The minimum atomic E-state index is -0.0562. The van der Waals surface area contributed by atoms with Gasteiger partial charge in [-0.3, -0.25) is 0 Å². The molecule has 23 heavy (non-hydrogen) atoms. The monoisotopic (exact) mass is 317 g/mol. The predicted molar refractivity (Wildman–Crippen MR) is 90.7 cm³/mol. The van der Waals surface area contributed by atoms with Crippen molar-refractivity contribution in [2.45, 2.75) is 83.8 Å². The van der Waals surface area contributed by atoms with E-state index < -0.39 is 0 Å². The molecule has 0 aliphatic heterocycles. The number of azide groups is 1. The van der Waals surface area contributed by atoms with E-state index in [4.69, 9.17) is 5.53 Å². The molecular formula is C19H31N3O. The minimum absolute atomic E-state index is 0.0562. The molecule has 4 aliphatic rings. The Morgan fingerprint density at radius 1 is 0.957 bits per heavy atom. The molecular weight excluding hydrogens is 286 g/mol. The van der Waals surface area contributed by atoms with Crippen molar-refractivity contribution in [2.24, 2.45) is 39.6 Å². The van der Waals surface area contributed by atoms with E-state index in [1.54, 1.807) is 0 Å². The highest BCUT2D eigenvalue weighted by Gasteiger charge is 2.59. The molecule has 4 nitrogen and oxygen atoms in total. The smallest absolute Gasteiger partial charge is 0.0543 e. The molecule has 0 heterocycles. The Labute approximate surface area is 139 Å². The maximum Gasteiger partial charge on any atom is 0.0543 e. The van der Waals surface area contributed by atoms with E-state index in [9.17, 15) is 5.11 Å². The van der Waals surface area contributed by atoms with Gasteiger partial charge in [0.1, 0.15) is 0 Å². The Kier molecular flexibility index (Phi) is 3.70. The van der Waals surface area contributed by atoms with Gasteiger partial charge < -0.3 is 5.11 Å². The van der Waals surface area contributed by atoms with Crippen LogP contribution in [0.25, 0.3) is 10.4 Å². The molecule has 0 amide bonds. The quantitative estimate of drug-likeness (QED) is 0.409. The summed E-state index contributed by atoms with van der Waals surface area (Å²) in [6.07, 6.45) is 10.7. The van der Waals surface area contributed by atoms with Crippen LogP contribution in [0.5, 0.6) is 0 Å². The molecule has 0 radical (unpaired) electrons. The van der Waals surface area contributed by atoms with E-state index in [-0.39, 0.29) is 17.6 Å². The number of rotatable bonds is 1. The van der Waals surface area contributed by atoms with Gasteiger partial charge in [0.05, 0.1) is 6.10 Å². The van der Waals surface area contributed by atoms with E-state index in [0.717, 1.165) is 42.9 Å². The average molecular weight is 317 g/mol. The third-order valence-corrected chi connectivity index (χ3v) is 8.78. The van der Waals surface area contributed by atoms with Crippen LogP contribution in [0.2, 0.25) is 0 Å². The molecule has 4 fully saturated rings. The SMILES string of the molecule is C[C@]12CC[C@@H](O)C[C@H]1CC[C@@H]1[C@@H]2CC[C@]2(C)[C@@H](N=[N+]=[N-])CC[C@@H]12. The first kappa shape index (κ1) is 15.8. The molecule has 4 heteroatoms. The lowest BCUT2D eigenvalue weighted by atomic mass is 9.45. The zero-order valence-corrected chi connectivity index (χ0v) is 14.6. The zero-order valence-electron chi connectivity index (χ0n) is 14.6. The van der Waals surface area contributed by atoms with Gasteiger partial charge >= 0.3 is 0 Å². The number of nitrogens with zero attached hydrogens (tertiary/aromatic N) is 3. The van der Waals surface area contributed by atoms with Gasteiger partial charge in [-0.2, -0.15) is 0 Å². The molecule has 8 atom stereocenters. The molecule has 0 aromatic heterocycles. The second-order valence-corrected chi connectivity index (χ2v) is 9.43. The minimum Gasteiger partial charge on any atom is -0.393 e. The van der Waals surface area contributed by atoms with Crippen LogP contribution in [0.15, 0.2) is 5.11 Å². The highest BCUT2D eigenvalue weighted by atomic mass is 16.3. The molecule has 4 aliphatic carbocycles. The van der Waals surface area contributed by atoms with Crippen LogP contribution in [0.3, 0.4) is 0 Å². The summed E-state index contributed by atoms with van der Waals surface area (Å²) >= 11 is 0. The number of fused-ring (bicyclic) bond motifs is 5. The summed E-state index contributed by atoms with van der Waals surface area (Å²) in [4.78, 5) is 3.14. The van der Waals surface area contributed by atoms with Crippen molar-refractivity contribution < 1.29 is 5.11 Å². The van der Waals surface area contributed by atoms with Crippen molar-refractivity contribution >= 4 is 0 Å². The Balaban J connectivity index is 1.61. The maximum atomic E-state index is 10.1. The standard InChI is InChI=1S/C19H31N3O/c1-18-9-7-13(23)11-12(18)3-4-14-15-5-6-17(21-22-20)19(15,2)10-8-16(14)18/h12-17,23H,3-11H2,1-2H3/t12-,13-,14+,15+,16+,17+,18+,19+/m1/s1. The average Bonchev–Trinajstić information content (AvgIpc) is 2.85. The first-order valence-corrected chi connectivity index (χ1v) is 9.71. The Morgan fingerprint density at radius 3 is 2.48 bits per heavy atom. The van der Waals surface area contributed by atoms with Crippen LogP contribution in [0, 0.1) is 34.5 Å². The van der Waals surface area contributed by atoms with Crippen molar-refractivity contribution in [3.8, 4) is 0 Å². The number of aliphatic hydroxyl groups excluding tert-OH is 1. The van der Waals surface area contributed by atoms with Crippen LogP contribution in [-0.4, -0.2) is 17.3 Å². The van der Waals surface area contributed by atoms with E-state index in [1.807, 2.05) is 0 Å². The molecule has 4 rings (SSSR count). The molecule has 0 aromatic carbocycles. The first-order valence-electron chi connectivity index (χ1n) is 9.71. The fourth-order valence-corrected chi connectivity index (χ4v) is 7.46. The second-order valence-electron chi connectivity index (χ2n) is 9.43. The van der Waals surface area contributed by atoms with Crippen LogP contribution < -0.4 is 0 Å². The highest BCUT2D eigenvalue weighted by molar-refractivity contribution is 5.10. The van der Waals surface area contributed by atoms with E-state index in [0.29, 0.717) is 5.41 Å². The largest absolute Gasteiger partial charge is 0.393 e. The maximum absolute atomic E-state index is 10.1. The molecule has 1 N–H and O–H groups in total.